The highest BCUT2D eigenvalue weighted by atomic mass is 32.2. The van der Waals surface area contributed by atoms with Gasteiger partial charge in [0.2, 0.25) is 5.16 Å². The van der Waals surface area contributed by atoms with Gasteiger partial charge in [0.1, 0.15) is 6.07 Å². The predicted molar refractivity (Wildman–Crippen MR) is 36.3 cm³/mol. The molecule has 0 atom stereocenters. The Labute approximate surface area is 62.3 Å². The van der Waals surface area contributed by atoms with Crippen molar-refractivity contribution in [2.24, 2.45) is 0 Å². The van der Waals surface area contributed by atoms with E-state index < -0.39 is 0 Å². The van der Waals surface area contributed by atoms with E-state index in [1.807, 2.05) is 12.3 Å². The maximum Gasteiger partial charge on any atom is 0.208 e. The Hall–Kier alpha value is -1.15. The minimum Gasteiger partial charge on any atom is -0.227 e. The molecule has 0 fully saturated rings. The summed E-state index contributed by atoms with van der Waals surface area (Å²) >= 11 is 1.39. The summed E-state index contributed by atoms with van der Waals surface area (Å²) in [6.07, 6.45) is 3.25. The minimum atomic E-state index is 0.248. The lowest BCUT2D eigenvalue weighted by molar-refractivity contribution is 0.829. The maximum absolute atomic E-state index is 8.30. The lowest BCUT2D eigenvalue weighted by Crippen LogP contribution is -1.91. The van der Waals surface area contributed by atoms with Crippen molar-refractivity contribution in [1.82, 2.24) is 15.2 Å². The molecule has 0 amide bonds. The van der Waals surface area contributed by atoms with Crippen molar-refractivity contribution in [3.05, 3.63) is 11.9 Å². The number of thioether (sulfide) groups is 1. The molecule has 0 saturated heterocycles. The van der Waals surface area contributed by atoms with Gasteiger partial charge in [-0.1, -0.05) is 11.8 Å². The van der Waals surface area contributed by atoms with E-state index in [9.17, 15) is 0 Å². The number of hydrogen-bond donors (Lipinski definition) is 0. The third kappa shape index (κ3) is 1.42. The minimum absolute atomic E-state index is 0.248. The molecule has 4 nitrogen and oxygen atoms in total. The second kappa shape index (κ2) is 3.13. The van der Waals surface area contributed by atoms with Crippen molar-refractivity contribution < 1.29 is 0 Å². The van der Waals surface area contributed by atoms with Crippen LogP contribution in [0.3, 0.4) is 0 Å². The molecule has 1 heterocycles. The fraction of sp³-hybridized carbons (Fsp3) is 0.200. The molecule has 1 aromatic rings. The monoisotopic (exact) mass is 152 g/mol. The summed E-state index contributed by atoms with van der Waals surface area (Å²) in [5.41, 5.74) is 0.248. The van der Waals surface area contributed by atoms with Crippen LogP contribution in [-0.2, 0) is 0 Å². The van der Waals surface area contributed by atoms with Crippen LogP contribution in [0.5, 0.6) is 0 Å². The first-order valence-corrected chi connectivity index (χ1v) is 3.73. The second-order valence-electron chi connectivity index (χ2n) is 1.44. The first-order chi connectivity index (χ1) is 4.86. The summed E-state index contributed by atoms with van der Waals surface area (Å²) in [4.78, 5) is 3.83. The Morgan fingerprint density at radius 1 is 1.60 bits per heavy atom. The fourth-order valence-corrected chi connectivity index (χ4v) is 0.690. The van der Waals surface area contributed by atoms with Crippen LogP contribution < -0.4 is 0 Å². The molecule has 0 bridgehead atoms. The van der Waals surface area contributed by atoms with Crippen molar-refractivity contribution in [3.63, 3.8) is 0 Å². The molecule has 0 unspecified atom stereocenters. The molecule has 50 valence electrons. The molecular weight excluding hydrogens is 148 g/mol. The van der Waals surface area contributed by atoms with Crippen LogP contribution in [0.1, 0.15) is 5.69 Å². The SMILES string of the molecule is CSc1ncc(C#N)nn1. The highest BCUT2D eigenvalue weighted by Gasteiger charge is 1.94. The molecule has 0 spiro atoms. The van der Waals surface area contributed by atoms with Crippen LogP contribution in [0.2, 0.25) is 0 Å². The summed E-state index contributed by atoms with van der Waals surface area (Å²) in [5.74, 6) is 0. The van der Waals surface area contributed by atoms with Crippen molar-refractivity contribution in [1.29, 1.82) is 5.26 Å². The Morgan fingerprint density at radius 3 is 2.80 bits per heavy atom. The van der Waals surface area contributed by atoms with Crippen LogP contribution >= 0.6 is 11.8 Å². The summed E-state index contributed by atoms with van der Waals surface area (Å²) in [6.45, 7) is 0. The molecule has 0 radical (unpaired) electrons. The van der Waals surface area contributed by atoms with E-state index in [-0.39, 0.29) is 5.69 Å². The van der Waals surface area contributed by atoms with Gasteiger partial charge in [0.25, 0.3) is 0 Å². The van der Waals surface area contributed by atoms with Gasteiger partial charge in [-0.15, -0.1) is 10.2 Å². The highest BCUT2D eigenvalue weighted by molar-refractivity contribution is 7.98. The average Bonchev–Trinajstić information content (AvgIpc) is 2.05. The van der Waals surface area contributed by atoms with Gasteiger partial charge in [-0.3, -0.25) is 0 Å². The highest BCUT2D eigenvalue weighted by Crippen LogP contribution is 2.03. The standard InChI is InChI=1S/C5H4N4S/c1-10-5-7-3-4(2-6)8-9-5/h3H,1H3. The molecular formula is C5H4N4S. The van der Waals surface area contributed by atoms with Crippen LogP contribution in [0.25, 0.3) is 0 Å². The van der Waals surface area contributed by atoms with Gasteiger partial charge in [0.05, 0.1) is 6.20 Å². The van der Waals surface area contributed by atoms with E-state index >= 15 is 0 Å². The topological polar surface area (TPSA) is 62.5 Å². The largest absolute Gasteiger partial charge is 0.227 e. The van der Waals surface area contributed by atoms with Crippen LogP contribution in [0.4, 0.5) is 0 Å². The maximum atomic E-state index is 8.30. The van der Waals surface area contributed by atoms with Gasteiger partial charge in [-0.05, 0) is 6.26 Å². The molecule has 10 heavy (non-hydrogen) atoms. The van der Waals surface area contributed by atoms with Gasteiger partial charge in [-0.25, -0.2) is 4.98 Å². The number of nitrogens with zero attached hydrogens (tertiary/aromatic N) is 4. The van der Waals surface area contributed by atoms with E-state index in [1.165, 1.54) is 18.0 Å². The Morgan fingerprint density at radius 2 is 2.40 bits per heavy atom. The molecule has 0 saturated carbocycles. The summed E-state index contributed by atoms with van der Waals surface area (Å²) in [6, 6.07) is 1.83. The Balaban J connectivity index is 2.93. The quantitative estimate of drug-likeness (QED) is 0.547. The van der Waals surface area contributed by atoms with Gasteiger partial charge >= 0.3 is 0 Å². The van der Waals surface area contributed by atoms with E-state index in [1.54, 1.807) is 0 Å². The Kier molecular flexibility index (Phi) is 2.18. The Bertz CT molecular complexity index is 249. The fourth-order valence-electron chi connectivity index (χ4n) is 0.409. The molecule has 1 aromatic heterocycles. The first kappa shape index (κ1) is 6.96. The van der Waals surface area contributed by atoms with Gasteiger partial charge in [0.15, 0.2) is 5.69 Å². The third-order valence-electron chi connectivity index (χ3n) is 0.838. The number of hydrogen-bond acceptors (Lipinski definition) is 5. The normalized spacial score (nSPS) is 8.80. The van der Waals surface area contributed by atoms with Crippen molar-refractivity contribution in [3.8, 4) is 6.07 Å². The lowest BCUT2D eigenvalue weighted by atomic mass is 10.5. The molecule has 0 aliphatic rings. The molecule has 0 aliphatic carbocycles. The molecule has 0 aromatic carbocycles. The smallest absolute Gasteiger partial charge is 0.208 e. The van der Waals surface area contributed by atoms with Gasteiger partial charge in [-0.2, -0.15) is 5.26 Å². The number of rotatable bonds is 1. The van der Waals surface area contributed by atoms with Crippen LogP contribution in [-0.4, -0.2) is 21.4 Å². The van der Waals surface area contributed by atoms with Crippen molar-refractivity contribution in [2.75, 3.05) is 6.26 Å². The lowest BCUT2D eigenvalue weighted by Gasteiger charge is -1.88. The van der Waals surface area contributed by atoms with Gasteiger partial charge in [0, 0.05) is 0 Å². The van der Waals surface area contributed by atoms with Crippen molar-refractivity contribution in [2.45, 2.75) is 5.16 Å². The number of aromatic nitrogens is 3. The van der Waals surface area contributed by atoms with E-state index in [0.29, 0.717) is 5.16 Å². The summed E-state index contributed by atoms with van der Waals surface area (Å²) < 4.78 is 0. The average molecular weight is 152 g/mol. The zero-order chi connectivity index (χ0) is 7.40. The molecule has 0 N–H and O–H groups in total. The zero-order valence-electron chi connectivity index (χ0n) is 5.27. The predicted octanol–water partition coefficient (Wildman–Crippen LogP) is 0.465. The third-order valence-corrected chi connectivity index (χ3v) is 1.39. The summed E-state index contributed by atoms with van der Waals surface area (Å²) in [5, 5.41) is 16.1. The number of nitriles is 1. The van der Waals surface area contributed by atoms with Crippen LogP contribution in [0.15, 0.2) is 11.4 Å². The van der Waals surface area contributed by atoms with Crippen molar-refractivity contribution >= 4 is 11.8 Å². The van der Waals surface area contributed by atoms with Crippen LogP contribution in [0, 0.1) is 11.3 Å². The zero-order valence-corrected chi connectivity index (χ0v) is 6.09. The van der Waals surface area contributed by atoms with E-state index in [4.69, 9.17) is 5.26 Å². The molecule has 0 aliphatic heterocycles. The molecule has 5 heteroatoms. The van der Waals surface area contributed by atoms with E-state index in [0.717, 1.165) is 0 Å². The van der Waals surface area contributed by atoms with E-state index in [2.05, 4.69) is 15.2 Å². The second-order valence-corrected chi connectivity index (χ2v) is 2.22. The summed E-state index contributed by atoms with van der Waals surface area (Å²) in [7, 11) is 0. The molecule has 1 rings (SSSR count). The first-order valence-electron chi connectivity index (χ1n) is 2.50. The van der Waals surface area contributed by atoms with Gasteiger partial charge < -0.3 is 0 Å².